The Balaban J connectivity index is 3.80. The van der Waals surface area contributed by atoms with Crippen LogP contribution >= 0.6 is 0 Å². The van der Waals surface area contributed by atoms with Crippen LogP contribution in [0, 0.1) is 5.92 Å². The van der Waals surface area contributed by atoms with Gasteiger partial charge in [0.05, 0.1) is 0 Å². The van der Waals surface area contributed by atoms with Crippen molar-refractivity contribution in [3.8, 4) is 0 Å². The van der Waals surface area contributed by atoms with Crippen LogP contribution in [0.25, 0.3) is 0 Å². The maximum Gasteiger partial charge on any atom is 0.223 e. The molecule has 15 heavy (non-hydrogen) atoms. The minimum atomic E-state index is -0.0124. The van der Waals surface area contributed by atoms with E-state index in [1.54, 1.807) is 12.2 Å². The molecule has 0 aliphatic heterocycles. The largest absolute Gasteiger partial charge is 0.355 e. The summed E-state index contributed by atoms with van der Waals surface area (Å²) in [4.78, 5) is 11.7. The van der Waals surface area contributed by atoms with Crippen LogP contribution in [-0.4, -0.2) is 25.5 Å². The van der Waals surface area contributed by atoms with E-state index >= 15 is 0 Å². The van der Waals surface area contributed by atoms with Gasteiger partial charge in [-0.15, -0.1) is 13.2 Å². The van der Waals surface area contributed by atoms with Gasteiger partial charge in [-0.05, 0) is 19.4 Å². The van der Waals surface area contributed by atoms with Crippen LogP contribution in [0.5, 0.6) is 0 Å². The number of hydrogen-bond acceptors (Lipinski definition) is 2. The van der Waals surface area contributed by atoms with Crippen LogP contribution in [0.3, 0.4) is 0 Å². The van der Waals surface area contributed by atoms with Crippen molar-refractivity contribution in [2.75, 3.05) is 19.6 Å². The van der Waals surface area contributed by atoms with Crippen LogP contribution in [0.2, 0.25) is 0 Å². The lowest BCUT2D eigenvalue weighted by atomic mass is 10.0. The molecular weight excluding hydrogens is 188 g/mol. The summed E-state index contributed by atoms with van der Waals surface area (Å²) in [6, 6.07) is 0. The lowest BCUT2D eigenvalue weighted by Crippen LogP contribution is -2.35. The summed E-state index contributed by atoms with van der Waals surface area (Å²) in [5.74, 6) is 0.0781. The van der Waals surface area contributed by atoms with Gasteiger partial charge in [0, 0.05) is 19.0 Å². The third-order valence-corrected chi connectivity index (χ3v) is 2.12. The van der Waals surface area contributed by atoms with Gasteiger partial charge in [-0.1, -0.05) is 19.1 Å². The predicted molar refractivity (Wildman–Crippen MR) is 64.7 cm³/mol. The van der Waals surface area contributed by atoms with E-state index in [4.69, 9.17) is 0 Å². The van der Waals surface area contributed by atoms with Crippen molar-refractivity contribution in [1.29, 1.82) is 0 Å². The summed E-state index contributed by atoms with van der Waals surface area (Å²) in [6.07, 6.45) is 4.97. The lowest BCUT2D eigenvalue weighted by molar-refractivity contribution is -0.124. The average molecular weight is 210 g/mol. The summed E-state index contributed by atoms with van der Waals surface area (Å²) in [5.41, 5.74) is 0. The summed E-state index contributed by atoms with van der Waals surface area (Å²) in [5, 5.41) is 6.04. The molecule has 0 spiro atoms. The Morgan fingerprint density at radius 1 is 1.27 bits per heavy atom. The van der Waals surface area contributed by atoms with Crippen molar-refractivity contribution < 1.29 is 4.79 Å². The van der Waals surface area contributed by atoms with Crippen molar-refractivity contribution in [2.45, 2.75) is 19.8 Å². The Labute approximate surface area is 92.6 Å². The van der Waals surface area contributed by atoms with E-state index in [0.29, 0.717) is 19.4 Å². The number of amides is 1. The van der Waals surface area contributed by atoms with E-state index in [0.717, 1.165) is 13.1 Å². The molecule has 0 atom stereocenters. The van der Waals surface area contributed by atoms with Gasteiger partial charge < -0.3 is 10.6 Å². The molecule has 0 unspecified atom stereocenters. The highest BCUT2D eigenvalue weighted by Gasteiger charge is 2.14. The molecule has 0 aromatic heterocycles. The maximum absolute atomic E-state index is 11.7. The molecule has 3 nitrogen and oxygen atoms in total. The molecule has 0 saturated carbocycles. The zero-order valence-corrected chi connectivity index (χ0v) is 9.59. The van der Waals surface area contributed by atoms with Gasteiger partial charge in [0.25, 0.3) is 0 Å². The Kier molecular flexibility index (Phi) is 8.78. The summed E-state index contributed by atoms with van der Waals surface area (Å²) in [6.45, 7) is 11.8. The number of carbonyl (C=O) groups is 1. The predicted octanol–water partition coefficient (Wildman–Crippen LogP) is 1.48. The molecule has 0 bridgehead atoms. The van der Waals surface area contributed by atoms with E-state index in [1.165, 1.54) is 0 Å². The van der Waals surface area contributed by atoms with Gasteiger partial charge in [-0.25, -0.2) is 0 Å². The Morgan fingerprint density at radius 2 is 1.87 bits per heavy atom. The van der Waals surface area contributed by atoms with Gasteiger partial charge >= 0.3 is 0 Å². The number of carbonyl (C=O) groups excluding carboxylic acids is 1. The summed E-state index contributed by atoms with van der Waals surface area (Å²) >= 11 is 0. The highest BCUT2D eigenvalue weighted by Crippen LogP contribution is 2.09. The summed E-state index contributed by atoms with van der Waals surface area (Å²) in [7, 11) is 0. The van der Waals surface area contributed by atoms with Gasteiger partial charge in [-0.2, -0.15) is 0 Å². The Hall–Kier alpha value is -1.09. The molecule has 0 aromatic carbocycles. The number of allylic oxidation sites excluding steroid dienone is 2. The molecule has 0 saturated heterocycles. The zero-order chi connectivity index (χ0) is 11.5. The monoisotopic (exact) mass is 210 g/mol. The molecule has 2 N–H and O–H groups in total. The topological polar surface area (TPSA) is 41.1 Å². The number of nitrogens with one attached hydrogen (secondary N) is 2. The van der Waals surface area contributed by atoms with Gasteiger partial charge in [0.15, 0.2) is 0 Å². The Morgan fingerprint density at radius 3 is 2.33 bits per heavy atom. The second kappa shape index (κ2) is 9.46. The third-order valence-electron chi connectivity index (χ3n) is 2.12. The molecular formula is C12H22N2O. The highest BCUT2D eigenvalue weighted by molar-refractivity contribution is 5.78. The van der Waals surface area contributed by atoms with E-state index in [1.807, 2.05) is 6.92 Å². The first-order chi connectivity index (χ1) is 7.26. The van der Waals surface area contributed by atoms with Crippen LogP contribution < -0.4 is 10.6 Å². The lowest BCUT2D eigenvalue weighted by Gasteiger charge is -2.13. The average Bonchev–Trinajstić information content (AvgIpc) is 2.24. The van der Waals surface area contributed by atoms with Gasteiger partial charge in [-0.3, -0.25) is 4.79 Å². The van der Waals surface area contributed by atoms with Gasteiger partial charge in [0.1, 0.15) is 0 Å². The standard InChI is InChI=1S/C12H22N2O/c1-4-7-11(8-5-2)12(15)14-10-9-13-6-3/h4-5,11,13H,1-2,6-10H2,3H3,(H,14,15). The molecule has 0 radical (unpaired) electrons. The van der Waals surface area contributed by atoms with E-state index < -0.39 is 0 Å². The summed E-state index contributed by atoms with van der Waals surface area (Å²) < 4.78 is 0. The Bertz CT molecular complexity index is 192. The van der Waals surface area contributed by atoms with Crippen molar-refractivity contribution >= 4 is 5.91 Å². The molecule has 86 valence electrons. The molecule has 0 aliphatic carbocycles. The smallest absolute Gasteiger partial charge is 0.223 e. The fourth-order valence-electron chi connectivity index (χ4n) is 1.31. The van der Waals surface area contributed by atoms with Crippen LogP contribution in [0.15, 0.2) is 25.3 Å². The normalized spacial score (nSPS) is 10.0. The van der Waals surface area contributed by atoms with Gasteiger partial charge in [0.2, 0.25) is 5.91 Å². The second-order valence-electron chi connectivity index (χ2n) is 3.39. The fraction of sp³-hybridized carbons (Fsp3) is 0.583. The molecule has 3 heteroatoms. The molecule has 0 rings (SSSR count). The third kappa shape index (κ3) is 6.91. The molecule has 0 fully saturated rings. The van der Waals surface area contributed by atoms with Crippen LogP contribution in [0.4, 0.5) is 0 Å². The van der Waals surface area contributed by atoms with Crippen molar-refractivity contribution in [3.63, 3.8) is 0 Å². The van der Waals surface area contributed by atoms with Crippen LogP contribution in [0.1, 0.15) is 19.8 Å². The molecule has 0 heterocycles. The van der Waals surface area contributed by atoms with Crippen molar-refractivity contribution in [3.05, 3.63) is 25.3 Å². The van der Waals surface area contributed by atoms with Crippen molar-refractivity contribution in [2.24, 2.45) is 5.92 Å². The number of rotatable bonds is 9. The number of hydrogen-bond donors (Lipinski definition) is 2. The zero-order valence-electron chi connectivity index (χ0n) is 9.59. The highest BCUT2D eigenvalue weighted by atomic mass is 16.1. The fourth-order valence-corrected chi connectivity index (χ4v) is 1.31. The molecule has 0 aromatic rings. The van der Waals surface area contributed by atoms with Crippen molar-refractivity contribution in [1.82, 2.24) is 10.6 Å². The van der Waals surface area contributed by atoms with E-state index in [-0.39, 0.29) is 11.8 Å². The first-order valence-corrected chi connectivity index (χ1v) is 5.46. The first kappa shape index (κ1) is 13.9. The molecule has 1 amide bonds. The second-order valence-corrected chi connectivity index (χ2v) is 3.39. The first-order valence-electron chi connectivity index (χ1n) is 5.46. The SMILES string of the molecule is C=CCC(CC=C)C(=O)NCCNCC. The number of likely N-dealkylation sites (N-methyl/N-ethyl adjacent to an activating group) is 1. The maximum atomic E-state index is 11.7. The minimum absolute atomic E-state index is 0.0124. The molecule has 0 aliphatic rings. The van der Waals surface area contributed by atoms with E-state index in [9.17, 15) is 4.79 Å². The minimum Gasteiger partial charge on any atom is -0.355 e. The van der Waals surface area contributed by atoms with E-state index in [2.05, 4.69) is 23.8 Å². The van der Waals surface area contributed by atoms with Crippen LogP contribution in [-0.2, 0) is 4.79 Å². The quantitative estimate of drug-likeness (QED) is 0.447.